The van der Waals surface area contributed by atoms with Gasteiger partial charge < -0.3 is 14.0 Å². The Balaban J connectivity index is 1.88. The highest BCUT2D eigenvalue weighted by Gasteiger charge is 2.52. The van der Waals surface area contributed by atoms with Crippen molar-refractivity contribution in [3.63, 3.8) is 0 Å². The fourth-order valence-corrected chi connectivity index (χ4v) is 2.41. The van der Waals surface area contributed by atoms with E-state index in [1.807, 2.05) is 12.3 Å². The minimum atomic E-state index is -0.380. The largest absolute Gasteiger partial charge is 0.496 e. The highest BCUT2D eigenvalue weighted by Crippen LogP contribution is 2.43. The first-order valence-electron chi connectivity index (χ1n) is 7.23. The second-order valence-electron chi connectivity index (χ2n) is 6.72. The molecule has 2 fully saturated rings. The van der Waals surface area contributed by atoms with Crippen LogP contribution in [0, 0.1) is 0 Å². The molecule has 0 N–H and O–H groups in total. The number of nitrogens with zero attached hydrogens (tertiary/aromatic N) is 1. The van der Waals surface area contributed by atoms with Gasteiger partial charge in [-0.3, -0.25) is 4.98 Å². The molecule has 108 valence electrons. The highest BCUT2D eigenvalue weighted by molar-refractivity contribution is 6.62. The molecule has 0 bridgehead atoms. The third-order valence-electron chi connectivity index (χ3n) is 4.61. The van der Waals surface area contributed by atoms with Crippen molar-refractivity contribution in [1.29, 1.82) is 0 Å². The quantitative estimate of drug-likeness (QED) is 0.793. The monoisotopic (exact) mass is 275 g/mol. The Morgan fingerprint density at radius 3 is 2.30 bits per heavy atom. The van der Waals surface area contributed by atoms with Gasteiger partial charge in [-0.05, 0) is 46.6 Å². The van der Waals surface area contributed by atoms with Crippen LogP contribution in [0.3, 0.4) is 0 Å². The number of ether oxygens (including phenoxy) is 1. The summed E-state index contributed by atoms with van der Waals surface area (Å²) < 4.78 is 17.6. The Morgan fingerprint density at radius 2 is 1.80 bits per heavy atom. The van der Waals surface area contributed by atoms with E-state index in [1.165, 1.54) is 12.8 Å². The number of hydrogen-bond donors (Lipinski definition) is 0. The minimum Gasteiger partial charge on any atom is -0.495 e. The van der Waals surface area contributed by atoms with Crippen molar-refractivity contribution < 1.29 is 14.0 Å². The minimum absolute atomic E-state index is 0.333. The van der Waals surface area contributed by atoms with E-state index in [9.17, 15) is 0 Å². The molecule has 0 unspecified atom stereocenters. The van der Waals surface area contributed by atoms with Crippen LogP contribution < -0.4 is 10.2 Å². The number of rotatable bonds is 3. The van der Waals surface area contributed by atoms with Crippen molar-refractivity contribution >= 4 is 12.6 Å². The van der Waals surface area contributed by atoms with Gasteiger partial charge in [0.15, 0.2) is 0 Å². The smallest absolute Gasteiger partial charge is 0.495 e. The summed E-state index contributed by atoms with van der Waals surface area (Å²) in [4.78, 5) is 4.57. The molecule has 1 aromatic rings. The molecule has 1 saturated carbocycles. The van der Waals surface area contributed by atoms with Crippen molar-refractivity contribution in [2.24, 2.45) is 0 Å². The normalized spacial score (nSPS) is 23.9. The van der Waals surface area contributed by atoms with Gasteiger partial charge in [-0.2, -0.15) is 0 Å². The van der Waals surface area contributed by atoms with Crippen LogP contribution >= 0.6 is 0 Å². The molecule has 1 saturated heterocycles. The molecule has 5 heteroatoms. The van der Waals surface area contributed by atoms with E-state index in [2.05, 4.69) is 32.7 Å². The van der Waals surface area contributed by atoms with E-state index < -0.39 is 0 Å². The number of aromatic nitrogens is 1. The first-order valence-corrected chi connectivity index (χ1v) is 7.23. The summed E-state index contributed by atoms with van der Waals surface area (Å²) >= 11 is 0. The molecule has 1 aromatic heterocycles. The summed E-state index contributed by atoms with van der Waals surface area (Å²) in [5.41, 5.74) is 1.32. The zero-order chi connectivity index (χ0) is 14.5. The predicted octanol–water partition coefficient (Wildman–Crippen LogP) is 2.27. The van der Waals surface area contributed by atoms with Crippen LogP contribution in [-0.2, 0) is 9.31 Å². The standard InChI is InChI=1S/C15H22BNO3/c1-14(2)15(3,4)20-16(19-14)11-8-12(18-5)13(17-9-11)10-6-7-10/h8-10H,6-7H2,1-5H3. The van der Waals surface area contributed by atoms with Gasteiger partial charge in [-0.25, -0.2) is 0 Å². The number of hydrogen-bond acceptors (Lipinski definition) is 4. The first-order chi connectivity index (χ1) is 9.34. The SMILES string of the molecule is COc1cc(B2OC(C)(C)C(C)(C)O2)cnc1C1CC1. The van der Waals surface area contributed by atoms with Gasteiger partial charge >= 0.3 is 7.12 Å². The van der Waals surface area contributed by atoms with E-state index >= 15 is 0 Å². The van der Waals surface area contributed by atoms with E-state index in [0.717, 1.165) is 16.9 Å². The van der Waals surface area contributed by atoms with Crippen LogP contribution in [0.1, 0.15) is 52.1 Å². The zero-order valence-electron chi connectivity index (χ0n) is 12.9. The molecule has 2 heterocycles. The Labute approximate surface area is 121 Å². The van der Waals surface area contributed by atoms with Crippen LogP contribution in [0.5, 0.6) is 5.75 Å². The summed E-state index contributed by atoms with van der Waals surface area (Å²) in [5.74, 6) is 1.41. The van der Waals surface area contributed by atoms with Gasteiger partial charge in [0.1, 0.15) is 5.75 Å². The molecule has 20 heavy (non-hydrogen) atoms. The lowest BCUT2D eigenvalue weighted by molar-refractivity contribution is 0.00578. The molecular formula is C15H22BNO3. The summed E-state index contributed by atoms with van der Waals surface area (Å²) in [6.07, 6.45) is 4.27. The fourth-order valence-electron chi connectivity index (χ4n) is 2.41. The number of methoxy groups -OCH3 is 1. The molecule has 4 nitrogen and oxygen atoms in total. The number of pyridine rings is 1. The topological polar surface area (TPSA) is 40.6 Å². The molecule has 0 radical (unpaired) electrons. The van der Waals surface area contributed by atoms with E-state index in [1.54, 1.807) is 7.11 Å². The molecule has 2 aliphatic rings. The van der Waals surface area contributed by atoms with Crippen molar-refractivity contribution in [3.8, 4) is 5.75 Å². The van der Waals surface area contributed by atoms with Crippen LogP contribution in [0.4, 0.5) is 0 Å². The molecular weight excluding hydrogens is 253 g/mol. The molecule has 0 atom stereocenters. The lowest BCUT2D eigenvalue weighted by Gasteiger charge is -2.32. The second-order valence-corrected chi connectivity index (χ2v) is 6.72. The fraction of sp³-hybridized carbons (Fsp3) is 0.667. The van der Waals surface area contributed by atoms with Crippen LogP contribution in [0.2, 0.25) is 0 Å². The summed E-state index contributed by atoms with van der Waals surface area (Å²) in [7, 11) is 1.31. The van der Waals surface area contributed by atoms with Gasteiger partial charge in [-0.15, -0.1) is 0 Å². The third-order valence-corrected chi connectivity index (χ3v) is 4.61. The average Bonchev–Trinajstić information content (AvgIpc) is 3.17. The molecule has 3 rings (SSSR count). The van der Waals surface area contributed by atoms with Gasteiger partial charge in [0, 0.05) is 17.6 Å². The van der Waals surface area contributed by atoms with Crippen molar-refractivity contribution in [2.75, 3.05) is 7.11 Å². The summed E-state index contributed by atoms with van der Waals surface area (Å²) in [5, 5.41) is 0. The first kappa shape index (κ1) is 13.9. The van der Waals surface area contributed by atoms with Gasteiger partial charge in [0.2, 0.25) is 0 Å². The Morgan fingerprint density at radius 1 is 1.20 bits per heavy atom. The highest BCUT2D eigenvalue weighted by atomic mass is 16.7. The van der Waals surface area contributed by atoms with Crippen LogP contribution in [-0.4, -0.2) is 30.4 Å². The Hall–Kier alpha value is -1.07. The lowest BCUT2D eigenvalue weighted by atomic mass is 9.80. The maximum atomic E-state index is 6.05. The average molecular weight is 275 g/mol. The maximum absolute atomic E-state index is 6.05. The van der Waals surface area contributed by atoms with Crippen molar-refractivity contribution in [1.82, 2.24) is 4.98 Å². The third kappa shape index (κ3) is 2.23. The zero-order valence-corrected chi connectivity index (χ0v) is 12.9. The Kier molecular flexibility index (Phi) is 3.10. The molecule has 0 aromatic carbocycles. The van der Waals surface area contributed by atoms with E-state index in [0.29, 0.717) is 5.92 Å². The van der Waals surface area contributed by atoms with Crippen LogP contribution in [0.15, 0.2) is 12.3 Å². The predicted molar refractivity (Wildman–Crippen MR) is 78.5 cm³/mol. The molecule has 1 aliphatic carbocycles. The second kappa shape index (κ2) is 4.47. The molecule has 1 aliphatic heterocycles. The van der Waals surface area contributed by atoms with E-state index in [-0.39, 0.29) is 18.3 Å². The van der Waals surface area contributed by atoms with Crippen molar-refractivity contribution in [2.45, 2.75) is 57.7 Å². The lowest BCUT2D eigenvalue weighted by Crippen LogP contribution is -2.41. The maximum Gasteiger partial charge on any atom is 0.496 e. The van der Waals surface area contributed by atoms with Crippen molar-refractivity contribution in [3.05, 3.63) is 18.0 Å². The van der Waals surface area contributed by atoms with Gasteiger partial charge in [0.25, 0.3) is 0 Å². The van der Waals surface area contributed by atoms with Gasteiger partial charge in [0.05, 0.1) is 24.0 Å². The summed E-state index contributed by atoms with van der Waals surface area (Å²) in [6, 6.07) is 2.00. The van der Waals surface area contributed by atoms with Gasteiger partial charge in [-0.1, -0.05) is 0 Å². The Bertz CT molecular complexity index is 510. The van der Waals surface area contributed by atoms with E-state index in [4.69, 9.17) is 14.0 Å². The molecule has 0 spiro atoms. The van der Waals surface area contributed by atoms with Crippen LogP contribution in [0.25, 0.3) is 0 Å². The summed E-state index contributed by atoms with van der Waals surface area (Å²) in [6.45, 7) is 8.21. The molecule has 0 amide bonds.